The topological polar surface area (TPSA) is 49.4 Å². The molecule has 3 aromatic rings. The van der Waals surface area contributed by atoms with Gasteiger partial charge in [0.25, 0.3) is 0 Å². The second-order valence-electron chi connectivity index (χ2n) is 7.98. The highest BCUT2D eigenvalue weighted by Crippen LogP contribution is 2.25. The van der Waals surface area contributed by atoms with Crippen molar-refractivity contribution in [2.45, 2.75) is 31.7 Å². The van der Waals surface area contributed by atoms with Crippen LogP contribution in [0.4, 0.5) is 4.39 Å². The van der Waals surface area contributed by atoms with Crippen LogP contribution in [0.5, 0.6) is 0 Å². The third-order valence-electron chi connectivity index (χ3n) is 5.39. The molecule has 2 amide bonds. The van der Waals surface area contributed by atoms with E-state index < -0.39 is 6.04 Å². The molecule has 3 aromatic carbocycles. The maximum absolute atomic E-state index is 13.5. The monoisotopic (exact) mass is 532 g/mol. The predicted octanol–water partition coefficient (Wildman–Crippen LogP) is 6.14. The third-order valence-corrected chi connectivity index (χ3v) is 6.96. The van der Waals surface area contributed by atoms with Crippen molar-refractivity contribution in [3.63, 3.8) is 0 Å². The highest BCUT2D eigenvalue weighted by Gasteiger charge is 2.30. The van der Waals surface area contributed by atoms with Gasteiger partial charge < -0.3 is 10.2 Å². The van der Waals surface area contributed by atoms with Gasteiger partial charge in [-0.2, -0.15) is 0 Å². The number of carbonyl (C=O) groups excluding carboxylic acids is 2. The van der Waals surface area contributed by atoms with E-state index in [0.717, 1.165) is 11.1 Å². The van der Waals surface area contributed by atoms with Crippen LogP contribution >= 0.6 is 35.0 Å². The minimum atomic E-state index is -0.719. The quantitative estimate of drug-likeness (QED) is 0.322. The molecule has 0 spiro atoms. The summed E-state index contributed by atoms with van der Waals surface area (Å²) in [4.78, 5) is 28.2. The number of nitrogens with one attached hydrogen (secondary N) is 1. The maximum atomic E-state index is 13.5. The maximum Gasteiger partial charge on any atom is 0.243 e. The molecule has 0 bridgehead atoms. The number of carbonyl (C=O) groups is 2. The molecular weight excluding hydrogens is 506 g/mol. The van der Waals surface area contributed by atoms with Crippen LogP contribution in [-0.2, 0) is 28.3 Å². The number of thioether (sulfide) groups is 1. The molecule has 4 nitrogen and oxygen atoms in total. The Hall–Kier alpha value is -2.54. The summed E-state index contributed by atoms with van der Waals surface area (Å²) < 4.78 is 13.2. The van der Waals surface area contributed by atoms with Crippen molar-refractivity contribution in [3.05, 3.63) is 105 Å². The van der Waals surface area contributed by atoms with Crippen molar-refractivity contribution in [2.24, 2.45) is 0 Å². The number of likely N-dealkylation sites (N-methyl/N-ethyl adjacent to an activating group) is 1. The molecule has 0 fully saturated rings. The molecule has 184 valence electrons. The summed E-state index contributed by atoms with van der Waals surface area (Å²) in [6.45, 7) is 2.46. The van der Waals surface area contributed by atoms with Gasteiger partial charge in [-0.15, -0.1) is 11.8 Å². The first kappa shape index (κ1) is 27.1. The summed E-state index contributed by atoms with van der Waals surface area (Å²) in [5.74, 6) is -0.000487. The fourth-order valence-electron chi connectivity index (χ4n) is 3.60. The Morgan fingerprint density at radius 2 is 1.71 bits per heavy atom. The minimum Gasteiger partial charge on any atom is -0.355 e. The van der Waals surface area contributed by atoms with Gasteiger partial charge in [0.15, 0.2) is 0 Å². The van der Waals surface area contributed by atoms with Crippen LogP contribution < -0.4 is 5.32 Å². The van der Waals surface area contributed by atoms with E-state index in [4.69, 9.17) is 23.2 Å². The molecule has 1 atom stereocenters. The van der Waals surface area contributed by atoms with Gasteiger partial charge in [-0.05, 0) is 47.9 Å². The standard InChI is InChI=1S/C27H27Cl2FN2O2S/c1-2-31-27(34)25(14-19-6-4-3-5-7-19)32(16-21-10-11-22(28)15-24(21)29)26(33)18-35-17-20-8-12-23(30)13-9-20/h3-13,15,25H,2,14,16-18H2,1H3,(H,31,34)/t25-/m1/s1. The van der Waals surface area contributed by atoms with Crippen molar-refractivity contribution < 1.29 is 14.0 Å². The lowest BCUT2D eigenvalue weighted by atomic mass is 10.0. The summed E-state index contributed by atoms with van der Waals surface area (Å²) in [5.41, 5.74) is 2.57. The summed E-state index contributed by atoms with van der Waals surface area (Å²) in [6.07, 6.45) is 0.367. The molecule has 0 aliphatic carbocycles. The van der Waals surface area contributed by atoms with Crippen molar-refractivity contribution in [2.75, 3.05) is 12.3 Å². The smallest absolute Gasteiger partial charge is 0.243 e. The van der Waals surface area contributed by atoms with Gasteiger partial charge in [-0.25, -0.2) is 4.39 Å². The van der Waals surface area contributed by atoms with E-state index in [1.54, 1.807) is 35.2 Å². The Bertz CT molecular complexity index is 1130. The highest BCUT2D eigenvalue weighted by molar-refractivity contribution is 7.99. The zero-order chi connectivity index (χ0) is 25.2. The average Bonchev–Trinajstić information content (AvgIpc) is 2.84. The molecule has 3 rings (SSSR count). The van der Waals surface area contributed by atoms with Crippen LogP contribution in [0.1, 0.15) is 23.6 Å². The van der Waals surface area contributed by atoms with E-state index in [2.05, 4.69) is 5.32 Å². The lowest BCUT2D eigenvalue weighted by molar-refractivity contribution is -0.139. The van der Waals surface area contributed by atoms with Crippen molar-refractivity contribution in [3.8, 4) is 0 Å². The Morgan fingerprint density at radius 1 is 1.00 bits per heavy atom. The van der Waals surface area contributed by atoms with Gasteiger partial charge in [0.2, 0.25) is 11.8 Å². The Balaban J connectivity index is 1.85. The number of halogens is 3. The summed E-state index contributed by atoms with van der Waals surface area (Å²) in [6, 6.07) is 20.2. The number of hydrogen-bond acceptors (Lipinski definition) is 3. The molecule has 0 radical (unpaired) electrons. The van der Waals surface area contributed by atoms with E-state index in [1.165, 1.54) is 23.9 Å². The van der Waals surface area contributed by atoms with E-state index in [9.17, 15) is 14.0 Å². The molecule has 35 heavy (non-hydrogen) atoms. The van der Waals surface area contributed by atoms with E-state index in [0.29, 0.717) is 34.3 Å². The van der Waals surface area contributed by atoms with Gasteiger partial charge in [0, 0.05) is 35.3 Å². The molecule has 0 aliphatic heterocycles. The Kier molecular flexibility index (Phi) is 10.5. The van der Waals surface area contributed by atoms with Gasteiger partial charge in [0.1, 0.15) is 11.9 Å². The predicted molar refractivity (Wildman–Crippen MR) is 142 cm³/mol. The van der Waals surface area contributed by atoms with Crippen molar-refractivity contribution in [1.29, 1.82) is 0 Å². The van der Waals surface area contributed by atoms with Crippen molar-refractivity contribution in [1.82, 2.24) is 10.2 Å². The van der Waals surface area contributed by atoms with Crippen LogP contribution in [0.15, 0.2) is 72.8 Å². The molecule has 0 aliphatic rings. The van der Waals surface area contributed by atoms with Gasteiger partial charge in [-0.3, -0.25) is 9.59 Å². The van der Waals surface area contributed by atoms with Gasteiger partial charge in [0.05, 0.1) is 5.75 Å². The zero-order valence-corrected chi connectivity index (χ0v) is 21.7. The lowest BCUT2D eigenvalue weighted by Gasteiger charge is -2.31. The summed E-state index contributed by atoms with van der Waals surface area (Å²) >= 11 is 13.9. The summed E-state index contributed by atoms with van der Waals surface area (Å²) in [7, 11) is 0. The van der Waals surface area contributed by atoms with Crippen LogP contribution in [0.25, 0.3) is 0 Å². The van der Waals surface area contributed by atoms with Crippen LogP contribution in [-0.4, -0.2) is 35.1 Å². The second-order valence-corrected chi connectivity index (χ2v) is 9.81. The molecule has 0 saturated heterocycles. The molecule has 0 unspecified atom stereocenters. The molecular formula is C27H27Cl2FN2O2S. The van der Waals surface area contributed by atoms with E-state index in [-0.39, 0.29) is 29.9 Å². The molecule has 0 saturated carbocycles. The molecule has 0 heterocycles. The number of benzene rings is 3. The largest absolute Gasteiger partial charge is 0.355 e. The minimum absolute atomic E-state index is 0.160. The molecule has 8 heteroatoms. The van der Waals surface area contributed by atoms with E-state index in [1.807, 2.05) is 37.3 Å². The summed E-state index contributed by atoms with van der Waals surface area (Å²) in [5, 5.41) is 3.80. The highest BCUT2D eigenvalue weighted by atomic mass is 35.5. The third kappa shape index (κ3) is 8.27. The Labute approximate surface area is 219 Å². The number of rotatable bonds is 11. The number of nitrogens with zero attached hydrogens (tertiary/aromatic N) is 1. The fraction of sp³-hybridized carbons (Fsp3) is 0.259. The van der Waals surface area contributed by atoms with Crippen molar-refractivity contribution >= 4 is 46.8 Å². The molecule has 1 N–H and O–H groups in total. The average molecular weight is 533 g/mol. The molecule has 0 aromatic heterocycles. The SMILES string of the molecule is CCNC(=O)[C@@H](Cc1ccccc1)N(Cc1ccc(Cl)cc1Cl)C(=O)CSCc1ccc(F)cc1. The van der Waals surface area contributed by atoms with Crippen LogP contribution in [0.2, 0.25) is 10.0 Å². The zero-order valence-electron chi connectivity index (χ0n) is 19.3. The van der Waals surface area contributed by atoms with Gasteiger partial charge >= 0.3 is 0 Å². The second kappa shape index (κ2) is 13.5. The Morgan fingerprint density at radius 3 is 2.37 bits per heavy atom. The first-order chi connectivity index (χ1) is 16.9. The normalized spacial score (nSPS) is 11.7. The lowest BCUT2D eigenvalue weighted by Crippen LogP contribution is -2.51. The van der Waals surface area contributed by atoms with E-state index >= 15 is 0 Å². The van der Waals surface area contributed by atoms with Gasteiger partial charge in [-0.1, -0.05) is 71.7 Å². The number of hydrogen-bond donors (Lipinski definition) is 1. The first-order valence-electron chi connectivity index (χ1n) is 11.2. The van der Waals surface area contributed by atoms with Crippen LogP contribution in [0, 0.1) is 5.82 Å². The fourth-order valence-corrected chi connectivity index (χ4v) is 4.94. The number of amides is 2. The first-order valence-corrected chi connectivity index (χ1v) is 13.2. The van der Waals surface area contributed by atoms with Crippen LogP contribution in [0.3, 0.4) is 0 Å².